The number of methoxy groups -OCH3 is 1. The SMILES string of the molecule is COC(=O)C1CC(O)CN1CCOc1cc(C)ccc1C. The minimum Gasteiger partial charge on any atom is -0.492 e. The number of aryl methyl sites for hydroxylation is 2. The van der Waals surface area contributed by atoms with E-state index in [1.807, 2.05) is 36.9 Å². The van der Waals surface area contributed by atoms with Gasteiger partial charge in [0, 0.05) is 19.5 Å². The third kappa shape index (κ3) is 3.95. The van der Waals surface area contributed by atoms with Crippen LogP contribution < -0.4 is 4.74 Å². The predicted molar refractivity (Wildman–Crippen MR) is 79.4 cm³/mol. The van der Waals surface area contributed by atoms with Crippen molar-refractivity contribution < 1.29 is 19.4 Å². The maximum Gasteiger partial charge on any atom is 0.323 e. The first-order valence-electron chi connectivity index (χ1n) is 7.21. The van der Waals surface area contributed by atoms with Gasteiger partial charge in [0.1, 0.15) is 18.4 Å². The number of β-amino-alcohol motifs (C(OH)–C–C–N with tert-alkyl or cyclic N) is 1. The van der Waals surface area contributed by atoms with Gasteiger partial charge in [0.25, 0.3) is 0 Å². The van der Waals surface area contributed by atoms with Crippen LogP contribution >= 0.6 is 0 Å². The summed E-state index contributed by atoms with van der Waals surface area (Å²) in [6.45, 7) is 5.58. The van der Waals surface area contributed by atoms with Crippen molar-refractivity contribution in [2.24, 2.45) is 0 Å². The van der Waals surface area contributed by atoms with Crippen molar-refractivity contribution in [1.82, 2.24) is 4.90 Å². The first-order chi connectivity index (χ1) is 10.0. The lowest BCUT2D eigenvalue weighted by Gasteiger charge is -2.22. The van der Waals surface area contributed by atoms with Gasteiger partial charge in [0.05, 0.1) is 13.2 Å². The second kappa shape index (κ2) is 6.91. The van der Waals surface area contributed by atoms with Gasteiger partial charge >= 0.3 is 5.97 Å². The van der Waals surface area contributed by atoms with Crippen molar-refractivity contribution in [2.45, 2.75) is 32.4 Å². The van der Waals surface area contributed by atoms with Gasteiger partial charge in [-0.25, -0.2) is 0 Å². The van der Waals surface area contributed by atoms with Crippen LogP contribution in [0.2, 0.25) is 0 Å². The number of esters is 1. The van der Waals surface area contributed by atoms with E-state index in [-0.39, 0.29) is 12.0 Å². The molecule has 1 heterocycles. The average molecular weight is 293 g/mol. The van der Waals surface area contributed by atoms with Gasteiger partial charge in [-0.1, -0.05) is 12.1 Å². The number of carbonyl (C=O) groups excluding carboxylic acids is 1. The number of carbonyl (C=O) groups is 1. The Balaban J connectivity index is 1.90. The summed E-state index contributed by atoms with van der Waals surface area (Å²) in [5, 5.41) is 9.72. The summed E-state index contributed by atoms with van der Waals surface area (Å²) in [6.07, 6.45) is -0.0503. The number of aliphatic hydroxyl groups excluding tert-OH is 1. The molecular formula is C16H23NO4. The van der Waals surface area contributed by atoms with Crippen LogP contribution in [0.25, 0.3) is 0 Å². The van der Waals surface area contributed by atoms with E-state index in [2.05, 4.69) is 0 Å². The highest BCUT2D eigenvalue weighted by atomic mass is 16.5. The molecular weight excluding hydrogens is 270 g/mol. The minimum absolute atomic E-state index is 0.293. The van der Waals surface area contributed by atoms with Crippen molar-refractivity contribution in [3.63, 3.8) is 0 Å². The van der Waals surface area contributed by atoms with Crippen LogP contribution in [-0.4, -0.2) is 54.9 Å². The molecule has 0 spiro atoms. The topological polar surface area (TPSA) is 59.0 Å². The van der Waals surface area contributed by atoms with E-state index in [0.717, 1.165) is 16.9 Å². The van der Waals surface area contributed by atoms with E-state index < -0.39 is 6.10 Å². The van der Waals surface area contributed by atoms with Crippen LogP contribution in [0.5, 0.6) is 5.75 Å². The van der Waals surface area contributed by atoms with E-state index in [1.165, 1.54) is 7.11 Å². The third-order valence-electron chi connectivity index (χ3n) is 3.83. The lowest BCUT2D eigenvalue weighted by molar-refractivity contribution is -0.146. The second-order valence-electron chi connectivity index (χ2n) is 5.54. The van der Waals surface area contributed by atoms with Crippen molar-refractivity contribution in [3.8, 4) is 5.75 Å². The van der Waals surface area contributed by atoms with E-state index in [4.69, 9.17) is 9.47 Å². The predicted octanol–water partition coefficient (Wildman–Crippen LogP) is 1.29. The van der Waals surface area contributed by atoms with Crippen LogP contribution in [0.4, 0.5) is 0 Å². The molecule has 1 aliphatic rings. The van der Waals surface area contributed by atoms with Gasteiger partial charge < -0.3 is 14.6 Å². The molecule has 0 aromatic heterocycles. The quantitative estimate of drug-likeness (QED) is 0.829. The number of benzene rings is 1. The number of hydrogen-bond acceptors (Lipinski definition) is 5. The van der Waals surface area contributed by atoms with Crippen LogP contribution in [0.3, 0.4) is 0 Å². The Labute approximate surface area is 125 Å². The minimum atomic E-state index is -0.477. The number of aliphatic hydroxyl groups is 1. The fourth-order valence-corrected chi connectivity index (χ4v) is 2.64. The smallest absolute Gasteiger partial charge is 0.323 e. The standard InChI is InChI=1S/C16H23NO4/c1-11-4-5-12(2)15(8-11)21-7-6-17-10-13(18)9-14(17)16(19)20-3/h4-5,8,13-14,18H,6-7,9-10H2,1-3H3. The zero-order valence-corrected chi connectivity index (χ0v) is 12.8. The highest BCUT2D eigenvalue weighted by molar-refractivity contribution is 5.76. The number of hydrogen-bond donors (Lipinski definition) is 1. The van der Waals surface area contributed by atoms with E-state index in [0.29, 0.717) is 26.1 Å². The Morgan fingerprint density at radius 3 is 2.90 bits per heavy atom. The van der Waals surface area contributed by atoms with Gasteiger partial charge in [0.15, 0.2) is 0 Å². The molecule has 0 radical (unpaired) electrons. The Hall–Kier alpha value is -1.59. The number of likely N-dealkylation sites (tertiary alicyclic amines) is 1. The monoisotopic (exact) mass is 293 g/mol. The fourth-order valence-electron chi connectivity index (χ4n) is 2.64. The number of rotatable bonds is 5. The van der Waals surface area contributed by atoms with Crippen molar-refractivity contribution in [2.75, 3.05) is 26.8 Å². The lowest BCUT2D eigenvalue weighted by Crippen LogP contribution is -2.39. The lowest BCUT2D eigenvalue weighted by atomic mass is 10.1. The Morgan fingerprint density at radius 2 is 2.19 bits per heavy atom. The maximum absolute atomic E-state index is 11.7. The fraction of sp³-hybridized carbons (Fsp3) is 0.562. The highest BCUT2D eigenvalue weighted by Crippen LogP contribution is 2.21. The molecule has 2 atom stereocenters. The van der Waals surface area contributed by atoms with Gasteiger partial charge in [-0.3, -0.25) is 9.69 Å². The molecule has 1 fully saturated rings. The van der Waals surface area contributed by atoms with E-state index >= 15 is 0 Å². The molecule has 1 saturated heterocycles. The molecule has 5 heteroatoms. The molecule has 0 saturated carbocycles. The molecule has 5 nitrogen and oxygen atoms in total. The first-order valence-corrected chi connectivity index (χ1v) is 7.21. The molecule has 1 aromatic carbocycles. The van der Waals surface area contributed by atoms with Crippen LogP contribution in [0.1, 0.15) is 17.5 Å². The summed E-state index contributed by atoms with van der Waals surface area (Å²) in [4.78, 5) is 13.6. The molecule has 1 aromatic rings. The maximum atomic E-state index is 11.7. The van der Waals surface area contributed by atoms with Gasteiger partial charge in [-0.05, 0) is 31.0 Å². The van der Waals surface area contributed by atoms with Crippen LogP contribution in [0.15, 0.2) is 18.2 Å². The first kappa shape index (κ1) is 15.8. The summed E-state index contributed by atoms with van der Waals surface area (Å²) >= 11 is 0. The Bertz CT molecular complexity index is 503. The average Bonchev–Trinajstić information content (AvgIpc) is 2.83. The molecule has 1 aliphatic heterocycles. The molecule has 1 N–H and O–H groups in total. The molecule has 2 rings (SSSR count). The van der Waals surface area contributed by atoms with Crippen molar-refractivity contribution >= 4 is 5.97 Å². The van der Waals surface area contributed by atoms with Crippen LogP contribution in [0, 0.1) is 13.8 Å². The van der Waals surface area contributed by atoms with E-state index in [9.17, 15) is 9.90 Å². The zero-order chi connectivity index (χ0) is 15.4. The van der Waals surface area contributed by atoms with E-state index in [1.54, 1.807) is 0 Å². The summed E-state index contributed by atoms with van der Waals surface area (Å²) in [7, 11) is 1.37. The van der Waals surface area contributed by atoms with Gasteiger partial charge in [-0.2, -0.15) is 0 Å². The summed E-state index contributed by atoms with van der Waals surface area (Å²) in [6, 6.07) is 5.71. The number of ether oxygens (including phenoxy) is 2. The van der Waals surface area contributed by atoms with Crippen molar-refractivity contribution in [3.05, 3.63) is 29.3 Å². The summed E-state index contributed by atoms with van der Waals surface area (Å²) in [5.74, 6) is 0.572. The van der Waals surface area contributed by atoms with Crippen molar-refractivity contribution in [1.29, 1.82) is 0 Å². The highest BCUT2D eigenvalue weighted by Gasteiger charge is 2.36. The van der Waals surface area contributed by atoms with Gasteiger partial charge in [-0.15, -0.1) is 0 Å². The zero-order valence-electron chi connectivity index (χ0n) is 12.8. The molecule has 0 bridgehead atoms. The summed E-state index contributed by atoms with van der Waals surface area (Å²) in [5.41, 5.74) is 2.24. The normalized spacial score (nSPS) is 22.3. The summed E-state index contributed by atoms with van der Waals surface area (Å²) < 4.78 is 10.6. The molecule has 0 amide bonds. The van der Waals surface area contributed by atoms with Gasteiger partial charge in [0.2, 0.25) is 0 Å². The van der Waals surface area contributed by atoms with Crippen LogP contribution in [-0.2, 0) is 9.53 Å². The molecule has 21 heavy (non-hydrogen) atoms. The second-order valence-corrected chi connectivity index (χ2v) is 5.54. The largest absolute Gasteiger partial charge is 0.492 e. The Kier molecular flexibility index (Phi) is 5.20. The third-order valence-corrected chi connectivity index (χ3v) is 3.83. The number of nitrogens with zero attached hydrogens (tertiary/aromatic N) is 1. The molecule has 116 valence electrons. The molecule has 2 unspecified atom stereocenters. The molecule has 0 aliphatic carbocycles. The Morgan fingerprint density at radius 1 is 1.43 bits per heavy atom.